The van der Waals surface area contributed by atoms with Gasteiger partial charge in [0.2, 0.25) is 5.91 Å². The number of aliphatic hydroxyl groups excluding tert-OH is 2. The van der Waals surface area contributed by atoms with Gasteiger partial charge in [0.25, 0.3) is 0 Å². The van der Waals surface area contributed by atoms with Crippen LogP contribution in [-0.2, 0) is 4.79 Å². The molecule has 0 bridgehead atoms. The van der Waals surface area contributed by atoms with Crippen LogP contribution in [0.25, 0.3) is 0 Å². The molecule has 0 saturated carbocycles. The number of hydrogen-bond acceptors (Lipinski definition) is 3. The van der Waals surface area contributed by atoms with Crippen molar-refractivity contribution in [2.75, 3.05) is 6.61 Å². The predicted molar refractivity (Wildman–Crippen MR) is 202 cm³/mol. The second kappa shape index (κ2) is 38.6. The van der Waals surface area contributed by atoms with Crippen LogP contribution in [0.2, 0.25) is 0 Å². The summed E-state index contributed by atoms with van der Waals surface area (Å²) in [5.74, 6) is -0.0608. The Morgan fingerprint density at radius 2 is 0.804 bits per heavy atom. The molecule has 0 saturated heterocycles. The third kappa shape index (κ3) is 34.5. The van der Waals surface area contributed by atoms with E-state index < -0.39 is 12.1 Å². The third-order valence-electron chi connectivity index (χ3n) is 9.77. The van der Waals surface area contributed by atoms with Crippen LogP contribution in [0.4, 0.5) is 0 Å². The Kier molecular flexibility index (Phi) is 37.8. The maximum atomic E-state index is 12.3. The molecular weight excluding hydrogens is 566 g/mol. The molecule has 2 atom stereocenters. The second-order valence-corrected chi connectivity index (χ2v) is 14.4. The minimum Gasteiger partial charge on any atom is -0.394 e. The first-order valence-corrected chi connectivity index (χ1v) is 20.9. The highest BCUT2D eigenvalue weighted by Crippen LogP contribution is 2.16. The number of hydrogen-bond donors (Lipinski definition) is 3. The predicted octanol–water partition coefficient (Wildman–Crippen LogP) is 12.7. The minimum atomic E-state index is -0.833. The Morgan fingerprint density at radius 3 is 1.13 bits per heavy atom. The van der Waals surface area contributed by atoms with E-state index in [2.05, 4.69) is 19.2 Å². The van der Waals surface area contributed by atoms with Crippen molar-refractivity contribution in [3.63, 3.8) is 0 Å². The smallest absolute Gasteiger partial charge is 0.220 e. The molecule has 2 unspecified atom stereocenters. The third-order valence-corrected chi connectivity index (χ3v) is 9.77. The molecule has 46 heavy (non-hydrogen) atoms. The fourth-order valence-electron chi connectivity index (χ4n) is 6.53. The van der Waals surface area contributed by atoms with Gasteiger partial charge < -0.3 is 15.5 Å². The summed E-state index contributed by atoms with van der Waals surface area (Å²) >= 11 is 0. The van der Waals surface area contributed by atoms with Crippen molar-refractivity contribution in [3.8, 4) is 0 Å². The summed E-state index contributed by atoms with van der Waals surface area (Å²) in [5, 5.41) is 23.0. The Morgan fingerprint density at radius 1 is 0.500 bits per heavy atom. The Balaban J connectivity index is 3.55. The zero-order chi connectivity index (χ0) is 33.6. The molecule has 0 fully saturated rings. The first-order chi connectivity index (χ1) is 22.7. The highest BCUT2D eigenvalue weighted by Gasteiger charge is 2.17. The fraction of sp³-hybridized carbons (Fsp3) is 0.929. The van der Waals surface area contributed by atoms with Gasteiger partial charge in [-0.15, -0.1) is 0 Å². The van der Waals surface area contributed by atoms with Gasteiger partial charge in [0, 0.05) is 6.42 Å². The van der Waals surface area contributed by atoms with Crippen LogP contribution in [-0.4, -0.2) is 34.9 Å². The van der Waals surface area contributed by atoms with E-state index in [4.69, 9.17) is 0 Å². The second-order valence-electron chi connectivity index (χ2n) is 14.4. The molecule has 4 heteroatoms. The lowest BCUT2D eigenvalue weighted by atomic mass is 10.0. The summed E-state index contributed by atoms with van der Waals surface area (Å²) in [6.07, 6.45) is 47.4. The molecule has 0 aliphatic heterocycles. The zero-order valence-corrected chi connectivity index (χ0v) is 31.4. The van der Waals surface area contributed by atoms with Crippen molar-refractivity contribution in [2.45, 2.75) is 244 Å². The van der Waals surface area contributed by atoms with Gasteiger partial charge in [0.05, 0.1) is 18.8 Å². The molecule has 0 aromatic rings. The van der Waals surface area contributed by atoms with Crippen LogP contribution >= 0.6 is 0 Å². The van der Waals surface area contributed by atoms with Crippen LogP contribution in [0.1, 0.15) is 232 Å². The van der Waals surface area contributed by atoms with Crippen LogP contribution in [0, 0.1) is 0 Å². The largest absolute Gasteiger partial charge is 0.394 e. The first-order valence-electron chi connectivity index (χ1n) is 20.9. The van der Waals surface area contributed by atoms with Gasteiger partial charge in [-0.25, -0.2) is 0 Å². The lowest BCUT2D eigenvalue weighted by molar-refractivity contribution is -0.123. The maximum Gasteiger partial charge on any atom is 0.220 e. The van der Waals surface area contributed by atoms with E-state index in [1.54, 1.807) is 6.08 Å². The number of allylic oxidation sites excluding steroid dienone is 1. The van der Waals surface area contributed by atoms with Crippen LogP contribution in [0.5, 0.6) is 0 Å². The molecule has 0 aromatic heterocycles. The molecule has 274 valence electrons. The molecule has 0 heterocycles. The number of carbonyl (C=O) groups is 1. The van der Waals surface area contributed by atoms with E-state index in [9.17, 15) is 15.0 Å². The van der Waals surface area contributed by atoms with Crippen molar-refractivity contribution < 1.29 is 15.0 Å². The summed E-state index contributed by atoms with van der Waals surface area (Å²) in [6.45, 7) is 4.32. The fourth-order valence-corrected chi connectivity index (χ4v) is 6.53. The average molecular weight is 650 g/mol. The van der Waals surface area contributed by atoms with Crippen molar-refractivity contribution in [1.82, 2.24) is 5.32 Å². The Bertz CT molecular complexity index is 622. The van der Waals surface area contributed by atoms with E-state index in [0.717, 1.165) is 25.7 Å². The lowest BCUT2D eigenvalue weighted by Gasteiger charge is -2.20. The molecule has 0 aliphatic carbocycles. The van der Waals surface area contributed by atoms with Crippen molar-refractivity contribution in [2.24, 2.45) is 0 Å². The van der Waals surface area contributed by atoms with E-state index in [-0.39, 0.29) is 12.5 Å². The summed E-state index contributed by atoms with van der Waals surface area (Å²) in [7, 11) is 0. The van der Waals surface area contributed by atoms with Crippen molar-refractivity contribution in [1.29, 1.82) is 0 Å². The molecule has 1 amide bonds. The molecule has 0 radical (unpaired) electrons. The van der Waals surface area contributed by atoms with Gasteiger partial charge in [-0.1, -0.05) is 219 Å². The Labute approximate surface area is 288 Å². The molecule has 3 N–H and O–H groups in total. The molecule has 0 aliphatic rings. The van der Waals surface area contributed by atoms with Gasteiger partial charge in [-0.05, 0) is 19.3 Å². The molecule has 4 nitrogen and oxygen atoms in total. The number of unbranched alkanes of at least 4 members (excludes halogenated alkanes) is 31. The highest BCUT2D eigenvalue weighted by molar-refractivity contribution is 5.76. The van der Waals surface area contributed by atoms with Gasteiger partial charge in [-0.2, -0.15) is 0 Å². The first kappa shape index (κ1) is 45.1. The summed E-state index contributed by atoms with van der Waals surface area (Å²) in [4.78, 5) is 12.3. The molecule has 0 spiro atoms. The van der Waals surface area contributed by atoms with E-state index in [1.807, 2.05) is 6.08 Å². The molecular formula is C42H83NO3. The van der Waals surface area contributed by atoms with Gasteiger partial charge in [0.15, 0.2) is 0 Å². The van der Waals surface area contributed by atoms with Crippen molar-refractivity contribution >= 4 is 5.91 Å². The number of aliphatic hydroxyl groups is 2. The number of nitrogens with one attached hydrogen (secondary N) is 1. The average Bonchev–Trinajstić information content (AvgIpc) is 3.06. The molecule has 0 rings (SSSR count). The quantitative estimate of drug-likeness (QED) is 0.0460. The standard InChI is InChI=1S/C42H83NO3/c1-3-5-7-9-11-13-15-17-19-20-21-22-24-25-27-29-31-33-35-37-41(45)40(39-44)43-42(46)38-36-34-32-30-28-26-23-18-16-14-12-10-8-6-4-2/h35,37,40-41,44-45H,3-34,36,38-39H2,1-2H3,(H,43,46). The summed E-state index contributed by atoms with van der Waals surface area (Å²) in [6, 6.07) is -0.615. The monoisotopic (exact) mass is 650 g/mol. The maximum absolute atomic E-state index is 12.3. The summed E-state index contributed by atoms with van der Waals surface area (Å²) < 4.78 is 0. The number of rotatable bonds is 38. The SMILES string of the molecule is CCCCCCCCCCCCCCCCCCCC=CC(O)C(CO)NC(=O)CCCCCCCCCCCCCCCCC. The van der Waals surface area contributed by atoms with E-state index >= 15 is 0 Å². The van der Waals surface area contributed by atoms with E-state index in [1.165, 1.54) is 186 Å². The zero-order valence-electron chi connectivity index (χ0n) is 31.4. The number of carbonyl (C=O) groups excluding carboxylic acids is 1. The summed E-state index contributed by atoms with van der Waals surface area (Å²) in [5.41, 5.74) is 0. The minimum absolute atomic E-state index is 0.0608. The van der Waals surface area contributed by atoms with Crippen LogP contribution in [0.15, 0.2) is 12.2 Å². The van der Waals surface area contributed by atoms with Gasteiger partial charge in [-0.3, -0.25) is 4.79 Å². The lowest BCUT2D eigenvalue weighted by Crippen LogP contribution is -2.45. The molecule has 0 aromatic carbocycles. The van der Waals surface area contributed by atoms with E-state index in [0.29, 0.717) is 6.42 Å². The van der Waals surface area contributed by atoms with Gasteiger partial charge in [0.1, 0.15) is 0 Å². The van der Waals surface area contributed by atoms with Crippen molar-refractivity contribution in [3.05, 3.63) is 12.2 Å². The number of amides is 1. The van der Waals surface area contributed by atoms with Gasteiger partial charge >= 0.3 is 0 Å². The highest BCUT2D eigenvalue weighted by atomic mass is 16.3. The normalized spacial score (nSPS) is 13.0. The Hall–Kier alpha value is -0.870. The topological polar surface area (TPSA) is 69.6 Å². The van der Waals surface area contributed by atoms with Crippen LogP contribution in [0.3, 0.4) is 0 Å². The van der Waals surface area contributed by atoms with Crippen LogP contribution < -0.4 is 5.32 Å².